The summed E-state index contributed by atoms with van der Waals surface area (Å²) in [6.45, 7) is 0. The molecule has 0 atom stereocenters. The van der Waals surface area contributed by atoms with Crippen LogP contribution in [0.2, 0.25) is 0 Å². The summed E-state index contributed by atoms with van der Waals surface area (Å²) in [4.78, 5) is 11.2. The van der Waals surface area contributed by atoms with E-state index in [4.69, 9.17) is 5.73 Å². The molecule has 2 heterocycles. The van der Waals surface area contributed by atoms with E-state index in [0.29, 0.717) is 28.1 Å². The molecular formula is C18H11F3N4. The number of nitrogens with one attached hydrogen (secondary N) is 1. The normalized spacial score (nSPS) is 11.2. The summed E-state index contributed by atoms with van der Waals surface area (Å²) in [6, 6.07) is 9.19. The zero-order chi connectivity index (χ0) is 17.6. The minimum absolute atomic E-state index is 0.183. The van der Waals surface area contributed by atoms with Gasteiger partial charge in [-0.2, -0.15) is 0 Å². The minimum atomic E-state index is -0.709. The topological polar surface area (TPSA) is 67.6 Å². The fourth-order valence-electron chi connectivity index (χ4n) is 2.73. The number of aromatic amines is 1. The molecule has 124 valence electrons. The highest BCUT2D eigenvalue weighted by Crippen LogP contribution is 2.32. The molecule has 0 aliphatic carbocycles. The Hall–Kier alpha value is -3.35. The molecule has 7 heteroatoms. The number of rotatable bonds is 2. The maximum Gasteiger partial charge on any atom is 0.141 e. The van der Waals surface area contributed by atoms with Crippen LogP contribution in [-0.2, 0) is 0 Å². The van der Waals surface area contributed by atoms with E-state index in [1.807, 2.05) is 0 Å². The first-order valence-corrected chi connectivity index (χ1v) is 7.37. The second-order valence-electron chi connectivity index (χ2n) is 5.53. The number of halogens is 3. The summed E-state index contributed by atoms with van der Waals surface area (Å²) < 4.78 is 41.4. The monoisotopic (exact) mass is 340 g/mol. The lowest BCUT2D eigenvalue weighted by molar-refractivity contribution is 0.585. The molecule has 0 bridgehead atoms. The Morgan fingerprint density at radius 1 is 0.840 bits per heavy atom. The average Bonchev–Trinajstić information content (AvgIpc) is 2.99. The van der Waals surface area contributed by atoms with Crippen molar-refractivity contribution in [1.29, 1.82) is 0 Å². The second kappa shape index (κ2) is 5.62. The number of fused-ring (bicyclic) bond motifs is 1. The van der Waals surface area contributed by atoms with Crippen molar-refractivity contribution in [1.82, 2.24) is 15.0 Å². The van der Waals surface area contributed by atoms with Gasteiger partial charge in [0.05, 0.1) is 11.4 Å². The quantitative estimate of drug-likeness (QED) is 0.535. The number of nitrogens with two attached hydrogens (primary N) is 1. The minimum Gasteiger partial charge on any atom is -0.399 e. The van der Waals surface area contributed by atoms with Gasteiger partial charge in [-0.3, -0.25) is 0 Å². The third kappa shape index (κ3) is 2.59. The summed E-state index contributed by atoms with van der Waals surface area (Å²) >= 11 is 0. The Morgan fingerprint density at radius 3 is 2.36 bits per heavy atom. The Bertz CT molecular complexity index is 1100. The van der Waals surface area contributed by atoms with Gasteiger partial charge in [0.2, 0.25) is 0 Å². The Kier molecular flexibility index (Phi) is 3.42. The molecule has 4 aromatic rings. The van der Waals surface area contributed by atoms with Crippen LogP contribution in [0.15, 0.2) is 48.8 Å². The Balaban J connectivity index is 1.92. The third-order valence-corrected chi connectivity index (χ3v) is 3.90. The molecule has 2 aromatic heterocycles. The number of benzene rings is 2. The third-order valence-electron chi connectivity index (χ3n) is 3.90. The van der Waals surface area contributed by atoms with Gasteiger partial charge in [0, 0.05) is 28.3 Å². The predicted octanol–water partition coefficient (Wildman–Crippen LogP) is 4.29. The number of hydrogen-bond donors (Lipinski definition) is 2. The lowest BCUT2D eigenvalue weighted by Gasteiger charge is -2.04. The van der Waals surface area contributed by atoms with Crippen molar-refractivity contribution >= 4 is 16.7 Å². The van der Waals surface area contributed by atoms with E-state index in [0.717, 1.165) is 12.1 Å². The van der Waals surface area contributed by atoms with E-state index < -0.39 is 17.5 Å². The van der Waals surface area contributed by atoms with Crippen LogP contribution in [0.4, 0.5) is 18.9 Å². The van der Waals surface area contributed by atoms with Crippen molar-refractivity contribution in [2.75, 3.05) is 5.73 Å². The number of nitrogens with zero attached hydrogens (tertiary/aromatic N) is 2. The number of H-pyrrole nitrogens is 1. The van der Waals surface area contributed by atoms with Gasteiger partial charge in [0.1, 0.15) is 29.4 Å². The van der Waals surface area contributed by atoms with E-state index in [2.05, 4.69) is 15.0 Å². The van der Waals surface area contributed by atoms with Gasteiger partial charge in [-0.05, 0) is 36.4 Å². The van der Waals surface area contributed by atoms with Gasteiger partial charge < -0.3 is 10.7 Å². The molecule has 25 heavy (non-hydrogen) atoms. The van der Waals surface area contributed by atoms with E-state index in [-0.39, 0.29) is 11.1 Å². The molecule has 0 fully saturated rings. The Labute approximate surface area is 140 Å². The van der Waals surface area contributed by atoms with Gasteiger partial charge in [-0.15, -0.1) is 0 Å². The second-order valence-corrected chi connectivity index (χ2v) is 5.53. The van der Waals surface area contributed by atoms with E-state index >= 15 is 0 Å². The molecule has 0 saturated heterocycles. The molecule has 2 aromatic carbocycles. The molecule has 4 rings (SSSR count). The average molecular weight is 340 g/mol. The fourth-order valence-corrected chi connectivity index (χ4v) is 2.73. The van der Waals surface area contributed by atoms with Crippen LogP contribution >= 0.6 is 0 Å². The standard InChI is InChI=1S/C18H11F3N4/c19-9-1-3-11(14(20)5-9)16-7-13-17(23-8-24-18(13)25-16)12-4-2-10(22)6-15(12)21/h1-8H,22H2,(H,23,24,25). The zero-order valence-corrected chi connectivity index (χ0v) is 12.7. The molecule has 0 spiro atoms. The van der Waals surface area contributed by atoms with Crippen LogP contribution in [0.5, 0.6) is 0 Å². The van der Waals surface area contributed by atoms with Gasteiger partial charge in [-0.25, -0.2) is 23.1 Å². The van der Waals surface area contributed by atoms with Crippen LogP contribution in [0, 0.1) is 17.5 Å². The molecule has 0 unspecified atom stereocenters. The number of anilines is 1. The largest absolute Gasteiger partial charge is 0.399 e. The summed E-state index contributed by atoms with van der Waals surface area (Å²) in [5.74, 6) is -1.89. The van der Waals surface area contributed by atoms with Crippen LogP contribution < -0.4 is 5.73 Å². The van der Waals surface area contributed by atoms with Crippen molar-refractivity contribution in [2.45, 2.75) is 0 Å². The van der Waals surface area contributed by atoms with Gasteiger partial charge in [0.15, 0.2) is 0 Å². The number of aromatic nitrogens is 3. The van der Waals surface area contributed by atoms with Crippen LogP contribution in [-0.4, -0.2) is 15.0 Å². The smallest absolute Gasteiger partial charge is 0.141 e. The summed E-state index contributed by atoms with van der Waals surface area (Å²) in [7, 11) is 0. The van der Waals surface area contributed by atoms with Crippen molar-refractivity contribution in [3.05, 3.63) is 66.2 Å². The molecule has 0 radical (unpaired) electrons. The molecule has 0 saturated carbocycles. The molecular weight excluding hydrogens is 329 g/mol. The first kappa shape index (κ1) is 15.2. The molecule has 3 N–H and O–H groups in total. The van der Waals surface area contributed by atoms with Gasteiger partial charge in [0.25, 0.3) is 0 Å². The van der Waals surface area contributed by atoms with Crippen LogP contribution in [0.1, 0.15) is 0 Å². The highest BCUT2D eigenvalue weighted by molar-refractivity contribution is 5.94. The van der Waals surface area contributed by atoms with Crippen molar-refractivity contribution < 1.29 is 13.2 Å². The maximum atomic E-state index is 14.3. The van der Waals surface area contributed by atoms with E-state index in [1.54, 1.807) is 12.1 Å². The van der Waals surface area contributed by atoms with E-state index in [1.165, 1.54) is 24.5 Å². The van der Waals surface area contributed by atoms with Gasteiger partial charge in [-0.1, -0.05) is 0 Å². The van der Waals surface area contributed by atoms with Crippen molar-refractivity contribution in [2.24, 2.45) is 0 Å². The summed E-state index contributed by atoms with van der Waals surface area (Å²) in [5.41, 5.74) is 7.48. The first-order chi connectivity index (χ1) is 12.0. The molecule has 0 aliphatic heterocycles. The predicted molar refractivity (Wildman–Crippen MR) is 89.0 cm³/mol. The molecule has 0 aliphatic rings. The van der Waals surface area contributed by atoms with Crippen molar-refractivity contribution in [3.8, 4) is 22.5 Å². The molecule has 0 amide bonds. The summed E-state index contributed by atoms with van der Waals surface area (Å²) in [5, 5.41) is 0.518. The van der Waals surface area contributed by atoms with Crippen LogP contribution in [0.3, 0.4) is 0 Å². The fraction of sp³-hybridized carbons (Fsp3) is 0. The lowest BCUT2D eigenvalue weighted by Crippen LogP contribution is -1.92. The zero-order valence-electron chi connectivity index (χ0n) is 12.7. The SMILES string of the molecule is Nc1ccc(-c2ncnc3[nH]c(-c4ccc(F)cc4F)cc23)c(F)c1. The Morgan fingerprint density at radius 2 is 1.60 bits per heavy atom. The lowest BCUT2D eigenvalue weighted by atomic mass is 10.1. The highest BCUT2D eigenvalue weighted by atomic mass is 19.1. The van der Waals surface area contributed by atoms with Gasteiger partial charge >= 0.3 is 0 Å². The summed E-state index contributed by atoms with van der Waals surface area (Å²) in [6.07, 6.45) is 1.29. The van der Waals surface area contributed by atoms with Crippen LogP contribution in [0.25, 0.3) is 33.5 Å². The molecule has 4 nitrogen and oxygen atoms in total. The number of hydrogen-bond acceptors (Lipinski definition) is 3. The van der Waals surface area contributed by atoms with Crippen molar-refractivity contribution in [3.63, 3.8) is 0 Å². The first-order valence-electron chi connectivity index (χ1n) is 7.37. The van der Waals surface area contributed by atoms with E-state index in [9.17, 15) is 13.2 Å². The highest BCUT2D eigenvalue weighted by Gasteiger charge is 2.16. The maximum absolute atomic E-state index is 14.3. The number of nitrogen functional groups attached to an aromatic ring is 1.